The molecule has 0 atom stereocenters. The van der Waals surface area contributed by atoms with Gasteiger partial charge in [0.25, 0.3) is 0 Å². The molecule has 0 saturated carbocycles. The van der Waals surface area contributed by atoms with Crippen LogP contribution in [0.15, 0.2) is 211 Å². The van der Waals surface area contributed by atoms with Crippen molar-refractivity contribution in [2.75, 3.05) is 9.80 Å². The molecule has 8 aromatic rings. The van der Waals surface area contributed by atoms with Crippen LogP contribution in [0.3, 0.4) is 0 Å². The number of fused-ring (bicyclic) bond motifs is 3. The fraction of sp³-hybridized carbons (Fsp3) is 0.0400. The van der Waals surface area contributed by atoms with E-state index in [0.29, 0.717) is 0 Å². The summed E-state index contributed by atoms with van der Waals surface area (Å²) in [5, 5.41) is 0. The summed E-state index contributed by atoms with van der Waals surface area (Å²) in [6.45, 7) is 2.13. The lowest BCUT2D eigenvalue weighted by molar-refractivity contribution is 0.768. The second kappa shape index (κ2) is 13.8. The van der Waals surface area contributed by atoms with Gasteiger partial charge in [0.05, 0.1) is 5.41 Å². The molecule has 1 aliphatic rings. The number of rotatable bonds is 8. The highest BCUT2D eigenvalue weighted by Crippen LogP contribution is 2.57. The van der Waals surface area contributed by atoms with E-state index in [1.54, 1.807) is 0 Å². The Bertz CT molecular complexity index is 2480. The summed E-state index contributed by atoms with van der Waals surface area (Å²) in [6.07, 6.45) is 0. The number of halogens is 1. The molecule has 8 aromatic carbocycles. The third-order valence-electron chi connectivity index (χ3n) is 10.4. The van der Waals surface area contributed by atoms with E-state index in [-0.39, 0.29) is 0 Å². The first-order valence-electron chi connectivity index (χ1n) is 18.0. The fourth-order valence-corrected chi connectivity index (χ4v) is 8.60. The predicted octanol–water partition coefficient (Wildman–Crippen LogP) is 14.1. The van der Waals surface area contributed by atoms with Crippen molar-refractivity contribution in [3.63, 3.8) is 0 Å². The van der Waals surface area contributed by atoms with Crippen molar-refractivity contribution in [1.82, 2.24) is 0 Å². The van der Waals surface area contributed by atoms with Crippen LogP contribution in [0.25, 0.3) is 11.1 Å². The maximum absolute atomic E-state index is 3.95. The van der Waals surface area contributed by atoms with Crippen LogP contribution in [0.1, 0.15) is 27.8 Å². The normalized spacial score (nSPS) is 12.5. The molecule has 0 N–H and O–H groups in total. The first kappa shape index (κ1) is 32.7. The first-order chi connectivity index (χ1) is 26.1. The van der Waals surface area contributed by atoms with Crippen LogP contribution in [-0.2, 0) is 5.41 Å². The minimum atomic E-state index is -0.495. The maximum Gasteiger partial charge on any atom is 0.0714 e. The van der Waals surface area contributed by atoms with E-state index in [2.05, 4.69) is 239 Å². The van der Waals surface area contributed by atoms with Gasteiger partial charge in [0.2, 0.25) is 0 Å². The van der Waals surface area contributed by atoms with Crippen LogP contribution < -0.4 is 9.80 Å². The van der Waals surface area contributed by atoms with Crippen molar-refractivity contribution in [2.24, 2.45) is 0 Å². The van der Waals surface area contributed by atoms with E-state index >= 15 is 0 Å². The zero-order valence-corrected chi connectivity index (χ0v) is 31.0. The van der Waals surface area contributed by atoms with Crippen molar-refractivity contribution in [1.29, 1.82) is 0 Å². The molecule has 0 unspecified atom stereocenters. The van der Waals surface area contributed by atoms with Crippen molar-refractivity contribution >= 4 is 50.1 Å². The van der Waals surface area contributed by atoms with Gasteiger partial charge in [-0.15, -0.1) is 0 Å². The predicted molar refractivity (Wildman–Crippen MR) is 226 cm³/mol. The van der Waals surface area contributed by atoms with Gasteiger partial charge in [0.1, 0.15) is 0 Å². The maximum atomic E-state index is 3.95. The Morgan fingerprint density at radius 3 is 1.36 bits per heavy atom. The molecule has 2 nitrogen and oxygen atoms in total. The Hall–Kier alpha value is -6.16. The minimum Gasteiger partial charge on any atom is -0.310 e. The number of nitrogens with zero attached hydrogens (tertiary/aromatic N) is 2. The molecule has 0 aromatic heterocycles. The Morgan fingerprint density at radius 1 is 0.358 bits per heavy atom. The van der Waals surface area contributed by atoms with E-state index in [0.717, 1.165) is 38.6 Å². The third-order valence-corrected chi connectivity index (χ3v) is 10.9. The van der Waals surface area contributed by atoms with Crippen LogP contribution in [0.2, 0.25) is 0 Å². The van der Waals surface area contributed by atoms with Gasteiger partial charge in [0.15, 0.2) is 0 Å². The third kappa shape index (κ3) is 5.74. The SMILES string of the molecule is Cc1ccc(N(c2ccccc2)c2cc(Br)cc(N(c3ccccc3)c3ccc4c(c3)C(c3ccccc3)(c3ccccc3)c3ccccc3-4)c2)cc1. The van der Waals surface area contributed by atoms with Crippen molar-refractivity contribution < 1.29 is 0 Å². The smallest absolute Gasteiger partial charge is 0.0714 e. The summed E-state index contributed by atoms with van der Waals surface area (Å²) >= 11 is 3.95. The molecular formula is C50H37BrN2. The average molecular weight is 746 g/mol. The van der Waals surface area contributed by atoms with Crippen LogP contribution in [0, 0.1) is 6.92 Å². The topological polar surface area (TPSA) is 6.48 Å². The number of aryl methyl sites for hydroxylation is 1. The van der Waals surface area contributed by atoms with Gasteiger partial charge in [-0.25, -0.2) is 0 Å². The highest BCUT2D eigenvalue weighted by Gasteiger charge is 2.46. The number of para-hydroxylation sites is 2. The highest BCUT2D eigenvalue weighted by molar-refractivity contribution is 9.10. The van der Waals surface area contributed by atoms with Gasteiger partial charge in [-0.05, 0) is 107 Å². The van der Waals surface area contributed by atoms with Gasteiger partial charge in [0, 0.05) is 38.6 Å². The zero-order valence-electron chi connectivity index (χ0n) is 29.4. The Labute approximate surface area is 320 Å². The molecule has 0 spiro atoms. The lowest BCUT2D eigenvalue weighted by Crippen LogP contribution is -2.28. The monoisotopic (exact) mass is 744 g/mol. The summed E-state index contributed by atoms with van der Waals surface area (Å²) in [4.78, 5) is 4.71. The Kier molecular flexibility index (Phi) is 8.50. The van der Waals surface area contributed by atoms with Crippen LogP contribution in [0.5, 0.6) is 0 Å². The lowest BCUT2D eigenvalue weighted by Gasteiger charge is -2.35. The van der Waals surface area contributed by atoms with Crippen LogP contribution >= 0.6 is 15.9 Å². The number of benzene rings is 8. The van der Waals surface area contributed by atoms with E-state index in [9.17, 15) is 0 Å². The van der Waals surface area contributed by atoms with E-state index in [1.165, 1.54) is 38.9 Å². The van der Waals surface area contributed by atoms with E-state index < -0.39 is 5.41 Å². The molecule has 0 fully saturated rings. The lowest BCUT2D eigenvalue weighted by atomic mass is 9.67. The summed E-state index contributed by atoms with van der Waals surface area (Å²) in [6, 6.07) is 74.7. The largest absolute Gasteiger partial charge is 0.310 e. The van der Waals surface area contributed by atoms with Gasteiger partial charge in [-0.1, -0.05) is 161 Å². The summed E-state index contributed by atoms with van der Waals surface area (Å²) in [5.74, 6) is 0. The molecule has 0 amide bonds. The highest BCUT2D eigenvalue weighted by atomic mass is 79.9. The van der Waals surface area contributed by atoms with Gasteiger partial charge >= 0.3 is 0 Å². The number of anilines is 6. The molecule has 0 aliphatic heterocycles. The molecule has 0 heterocycles. The molecule has 1 aliphatic carbocycles. The summed E-state index contributed by atoms with van der Waals surface area (Å²) in [7, 11) is 0. The molecule has 53 heavy (non-hydrogen) atoms. The van der Waals surface area contributed by atoms with Crippen molar-refractivity contribution in [3.8, 4) is 11.1 Å². The minimum absolute atomic E-state index is 0.495. The fourth-order valence-electron chi connectivity index (χ4n) is 8.13. The van der Waals surface area contributed by atoms with Crippen molar-refractivity contribution in [2.45, 2.75) is 12.3 Å². The van der Waals surface area contributed by atoms with Crippen LogP contribution in [-0.4, -0.2) is 0 Å². The molecule has 0 bridgehead atoms. The quantitative estimate of drug-likeness (QED) is 0.153. The molecule has 0 radical (unpaired) electrons. The summed E-state index contributed by atoms with van der Waals surface area (Å²) < 4.78 is 0.996. The van der Waals surface area contributed by atoms with Gasteiger partial charge in [-0.3, -0.25) is 0 Å². The zero-order chi connectivity index (χ0) is 35.8. The molecule has 0 saturated heterocycles. The van der Waals surface area contributed by atoms with Crippen molar-refractivity contribution in [3.05, 3.63) is 239 Å². The Balaban J connectivity index is 1.28. The molecule has 9 rings (SSSR count). The van der Waals surface area contributed by atoms with Crippen LogP contribution in [0.4, 0.5) is 34.1 Å². The number of hydrogen-bond donors (Lipinski definition) is 0. The summed E-state index contributed by atoms with van der Waals surface area (Å²) in [5.41, 5.74) is 14.8. The first-order valence-corrected chi connectivity index (χ1v) is 18.8. The second-order valence-electron chi connectivity index (χ2n) is 13.6. The van der Waals surface area contributed by atoms with E-state index in [1.807, 2.05) is 0 Å². The standard InChI is InChI=1S/C50H37BrN2/c1-36-26-28-42(29-27-36)52(40-20-10-4-11-21-40)44-32-39(51)33-45(34-44)53(41-22-12-5-13-23-41)43-30-31-47-46-24-14-15-25-48(46)50(49(47)35-43,37-16-6-2-7-17-37)38-18-8-3-9-19-38/h2-35H,1H3. The number of hydrogen-bond acceptors (Lipinski definition) is 2. The van der Waals surface area contributed by atoms with Gasteiger partial charge < -0.3 is 9.80 Å². The van der Waals surface area contributed by atoms with Gasteiger partial charge in [-0.2, -0.15) is 0 Å². The molecule has 3 heteroatoms. The molecule has 254 valence electrons. The second-order valence-corrected chi connectivity index (χ2v) is 14.5. The molecular weight excluding hydrogens is 708 g/mol. The van der Waals surface area contributed by atoms with E-state index in [4.69, 9.17) is 0 Å². The Morgan fingerprint density at radius 2 is 0.792 bits per heavy atom. The average Bonchev–Trinajstić information content (AvgIpc) is 3.51.